The van der Waals surface area contributed by atoms with Gasteiger partial charge < -0.3 is 5.32 Å². The van der Waals surface area contributed by atoms with E-state index in [0.29, 0.717) is 19.0 Å². The number of rotatable bonds is 4. The van der Waals surface area contributed by atoms with Crippen molar-refractivity contribution in [2.75, 3.05) is 36.5 Å². The summed E-state index contributed by atoms with van der Waals surface area (Å²) in [6, 6.07) is 5.71. The van der Waals surface area contributed by atoms with E-state index in [-0.39, 0.29) is 24.0 Å². The van der Waals surface area contributed by atoms with Crippen LogP contribution in [0.5, 0.6) is 0 Å². The van der Waals surface area contributed by atoms with Gasteiger partial charge in [-0.25, -0.2) is 13.4 Å². The van der Waals surface area contributed by atoms with Gasteiger partial charge in [0.2, 0.25) is 5.91 Å². The SMILES string of the molecule is CC(C)c1nc2ccc(NC(=O)CN3CCS(=O)(=O)CC3)cc2s1. The maximum Gasteiger partial charge on any atom is 0.238 e. The Bertz CT molecular complexity index is 845. The Morgan fingerprint density at radius 1 is 1.33 bits per heavy atom. The molecule has 1 aromatic carbocycles. The van der Waals surface area contributed by atoms with E-state index >= 15 is 0 Å². The molecule has 0 radical (unpaired) electrons. The van der Waals surface area contributed by atoms with Crippen LogP contribution in [-0.4, -0.2) is 55.3 Å². The maximum atomic E-state index is 12.2. The molecule has 3 rings (SSSR count). The normalized spacial score (nSPS) is 18.1. The van der Waals surface area contributed by atoms with Gasteiger partial charge in [0, 0.05) is 24.7 Å². The molecule has 1 aromatic heterocycles. The zero-order valence-corrected chi connectivity index (χ0v) is 15.4. The van der Waals surface area contributed by atoms with Crippen molar-refractivity contribution in [2.45, 2.75) is 19.8 Å². The Kier molecular flexibility index (Phi) is 4.89. The Balaban J connectivity index is 1.63. The van der Waals surface area contributed by atoms with Gasteiger partial charge in [-0.3, -0.25) is 9.69 Å². The lowest BCUT2D eigenvalue weighted by Gasteiger charge is -2.25. The molecule has 0 saturated carbocycles. The Hall–Kier alpha value is -1.51. The first-order valence-electron chi connectivity index (χ1n) is 7.95. The summed E-state index contributed by atoms with van der Waals surface area (Å²) in [6.45, 7) is 5.27. The topological polar surface area (TPSA) is 79.4 Å². The van der Waals surface area contributed by atoms with Gasteiger partial charge in [-0.1, -0.05) is 13.8 Å². The number of nitrogens with one attached hydrogen (secondary N) is 1. The third-order valence-corrected chi connectivity index (χ3v) is 6.91. The highest BCUT2D eigenvalue weighted by atomic mass is 32.2. The molecule has 1 N–H and O–H groups in total. The Morgan fingerprint density at radius 3 is 2.71 bits per heavy atom. The first-order chi connectivity index (χ1) is 11.3. The summed E-state index contributed by atoms with van der Waals surface area (Å²) in [5, 5.41) is 3.98. The molecular weight excluding hydrogens is 346 g/mol. The standard InChI is InChI=1S/C16H21N3O3S2/c1-11(2)16-18-13-4-3-12(9-14(13)23-16)17-15(20)10-19-5-7-24(21,22)8-6-19/h3-4,9,11H,5-8,10H2,1-2H3,(H,17,20). The summed E-state index contributed by atoms with van der Waals surface area (Å²) in [4.78, 5) is 18.6. The monoisotopic (exact) mass is 367 g/mol. The van der Waals surface area contributed by atoms with Crippen LogP contribution in [0.3, 0.4) is 0 Å². The van der Waals surface area contributed by atoms with Gasteiger partial charge >= 0.3 is 0 Å². The molecule has 1 aliphatic rings. The average Bonchev–Trinajstić information content (AvgIpc) is 2.93. The molecule has 24 heavy (non-hydrogen) atoms. The largest absolute Gasteiger partial charge is 0.325 e. The zero-order valence-electron chi connectivity index (χ0n) is 13.8. The summed E-state index contributed by atoms with van der Waals surface area (Å²) in [5.41, 5.74) is 1.69. The van der Waals surface area contributed by atoms with E-state index in [4.69, 9.17) is 0 Å². The number of aromatic nitrogens is 1. The Morgan fingerprint density at radius 2 is 2.04 bits per heavy atom. The minimum Gasteiger partial charge on any atom is -0.325 e. The highest BCUT2D eigenvalue weighted by Gasteiger charge is 2.23. The van der Waals surface area contributed by atoms with E-state index in [1.807, 2.05) is 23.1 Å². The van der Waals surface area contributed by atoms with Crippen LogP contribution >= 0.6 is 11.3 Å². The van der Waals surface area contributed by atoms with Crippen LogP contribution in [-0.2, 0) is 14.6 Å². The van der Waals surface area contributed by atoms with E-state index in [2.05, 4.69) is 24.1 Å². The van der Waals surface area contributed by atoms with Crippen LogP contribution in [0.2, 0.25) is 0 Å². The van der Waals surface area contributed by atoms with Crippen molar-refractivity contribution in [1.82, 2.24) is 9.88 Å². The molecule has 130 valence electrons. The Labute approximate surface area is 145 Å². The fourth-order valence-corrected chi connectivity index (χ4v) is 4.87. The molecule has 0 unspecified atom stereocenters. The van der Waals surface area contributed by atoms with Crippen molar-refractivity contribution in [3.8, 4) is 0 Å². The minimum absolute atomic E-state index is 0.123. The smallest absolute Gasteiger partial charge is 0.238 e. The van der Waals surface area contributed by atoms with Crippen molar-refractivity contribution < 1.29 is 13.2 Å². The maximum absolute atomic E-state index is 12.2. The van der Waals surface area contributed by atoms with Gasteiger partial charge in [0.15, 0.2) is 9.84 Å². The van der Waals surface area contributed by atoms with E-state index in [1.165, 1.54) is 0 Å². The van der Waals surface area contributed by atoms with Crippen molar-refractivity contribution in [3.05, 3.63) is 23.2 Å². The number of thiazole rings is 1. The molecule has 0 aliphatic carbocycles. The molecule has 8 heteroatoms. The molecular formula is C16H21N3O3S2. The number of carbonyl (C=O) groups excluding carboxylic acids is 1. The van der Waals surface area contributed by atoms with Crippen molar-refractivity contribution in [1.29, 1.82) is 0 Å². The van der Waals surface area contributed by atoms with Gasteiger partial charge in [-0.05, 0) is 18.2 Å². The van der Waals surface area contributed by atoms with E-state index in [9.17, 15) is 13.2 Å². The molecule has 1 saturated heterocycles. The highest BCUT2D eigenvalue weighted by Crippen LogP contribution is 2.29. The van der Waals surface area contributed by atoms with Crippen LogP contribution in [0.4, 0.5) is 5.69 Å². The summed E-state index contributed by atoms with van der Waals surface area (Å²) in [6.07, 6.45) is 0. The second kappa shape index (κ2) is 6.78. The average molecular weight is 367 g/mol. The number of hydrogen-bond donors (Lipinski definition) is 1. The van der Waals surface area contributed by atoms with Gasteiger partial charge in [0.05, 0.1) is 33.3 Å². The van der Waals surface area contributed by atoms with E-state index in [0.717, 1.165) is 20.9 Å². The molecule has 0 atom stereocenters. The van der Waals surface area contributed by atoms with E-state index < -0.39 is 9.84 Å². The van der Waals surface area contributed by atoms with Crippen molar-refractivity contribution in [2.24, 2.45) is 0 Å². The number of anilines is 1. The first-order valence-corrected chi connectivity index (χ1v) is 10.6. The molecule has 1 aliphatic heterocycles. The molecule has 6 nitrogen and oxygen atoms in total. The third-order valence-electron chi connectivity index (χ3n) is 3.99. The van der Waals surface area contributed by atoms with Crippen LogP contribution in [0.25, 0.3) is 10.2 Å². The quantitative estimate of drug-likeness (QED) is 0.895. The second-order valence-electron chi connectivity index (χ2n) is 6.37. The predicted octanol–water partition coefficient (Wildman–Crippen LogP) is 2.09. The molecule has 1 amide bonds. The number of carbonyl (C=O) groups is 1. The summed E-state index contributed by atoms with van der Waals surface area (Å²) in [5.74, 6) is 0.522. The number of nitrogens with zero attached hydrogens (tertiary/aromatic N) is 2. The number of hydrogen-bond acceptors (Lipinski definition) is 6. The number of fused-ring (bicyclic) bond motifs is 1. The number of sulfone groups is 1. The molecule has 2 heterocycles. The van der Waals surface area contributed by atoms with E-state index in [1.54, 1.807) is 11.3 Å². The van der Waals surface area contributed by atoms with Crippen LogP contribution < -0.4 is 5.32 Å². The molecule has 2 aromatic rings. The molecule has 0 bridgehead atoms. The lowest BCUT2D eigenvalue weighted by Crippen LogP contribution is -2.43. The van der Waals surface area contributed by atoms with Crippen molar-refractivity contribution in [3.63, 3.8) is 0 Å². The lowest BCUT2D eigenvalue weighted by atomic mass is 10.2. The minimum atomic E-state index is -2.92. The summed E-state index contributed by atoms with van der Waals surface area (Å²) >= 11 is 1.64. The van der Waals surface area contributed by atoms with Crippen LogP contribution in [0.1, 0.15) is 24.8 Å². The van der Waals surface area contributed by atoms with Crippen LogP contribution in [0, 0.1) is 0 Å². The van der Waals surface area contributed by atoms with Gasteiger partial charge in [0.25, 0.3) is 0 Å². The molecule has 0 spiro atoms. The lowest BCUT2D eigenvalue weighted by molar-refractivity contribution is -0.117. The zero-order chi connectivity index (χ0) is 17.3. The van der Waals surface area contributed by atoms with Crippen LogP contribution in [0.15, 0.2) is 18.2 Å². The fraction of sp³-hybridized carbons (Fsp3) is 0.500. The summed E-state index contributed by atoms with van der Waals surface area (Å²) < 4.78 is 23.9. The third kappa shape index (κ3) is 4.12. The second-order valence-corrected chi connectivity index (χ2v) is 9.73. The van der Waals surface area contributed by atoms with Gasteiger partial charge in [-0.2, -0.15) is 0 Å². The number of benzene rings is 1. The van der Waals surface area contributed by atoms with Crippen molar-refractivity contribution >= 4 is 43.0 Å². The summed E-state index contributed by atoms with van der Waals surface area (Å²) in [7, 11) is -2.92. The predicted molar refractivity (Wildman–Crippen MR) is 97.4 cm³/mol. The first kappa shape index (κ1) is 17.3. The molecule has 1 fully saturated rings. The van der Waals surface area contributed by atoms with Gasteiger partial charge in [0.1, 0.15) is 0 Å². The van der Waals surface area contributed by atoms with Gasteiger partial charge in [-0.15, -0.1) is 11.3 Å². The number of amides is 1. The fourth-order valence-electron chi connectivity index (χ4n) is 2.58. The highest BCUT2D eigenvalue weighted by molar-refractivity contribution is 7.91.